The van der Waals surface area contributed by atoms with Gasteiger partial charge in [-0.05, 0) is 12.3 Å². The maximum Gasteiger partial charge on any atom is 0.220 e. The van der Waals surface area contributed by atoms with E-state index in [1.165, 1.54) is 0 Å². The second-order valence-corrected chi connectivity index (χ2v) is 6.87. The van der Waals surface area contributed by atoms with E-state index in [2.05, 4.69) is 12.2 Å². The number of carbonyl (C=O) groups is 3. The monoisotopic (exact) mass is 311 g/mol. The van der Waals surface area contributed by atoms with E-state index < -0.39 is 0 Å². The van der Waals surface area contributed by atoms with Gasteiger partial charge in [-0.1, -0.05) is 53.9 Å². The molecule has 0 aliphatic rings. The first-order chi connectivity index (χ1) is 10.3. The van der Waals surface area contributed by atoms with Gasteiger partial charge < -0.3 is 5.32 Å². The molecule has 0 bridgehead atoms. The average Bonchev–Trinajstić information content (AvgIpc) is 2.42. The molecule has 0 aliphatic heterocycles. The molecule has 1 N–H and O–H groups in total. The summed E-state index contributed by atoms with van der Waals surface area (Å²) in [6.45, 7) is 9.85. The molecule has 0 aromatic rings. The molecule has 0 radical (unpaired) electrons. The van der Waals surface area contributed by atoms with Gasteiger partial charge in [-0.15, -0.1) is 0 Å². The lowest BCUT2D eigenvalue weighted by molar-refractivity contribution is -0.130. The molecule has 1 atom stereocenters. The molecule has 0 rings (SSSR count). The Morgan fingerprint density at radius 2 is 1.59 bits per heavy atom. The van der Waals surface area contributed by atoms with Gasteiger partial charge in [0.25, 0.3) is 0 Å². The van der Waals surface area contributed by atoms with E-state index in [-0.39, 0.29) is 48.2 Å². The molecule has 0 aliphatic carbocycles. The van der Waals surface area contributed by atoms with Crippen LogP contribution in [0.1, 0.15) is 73.1 Å². The number of hydrogen-bond acceptors (Lipinski definition) is 3. The normalized spacial score (nSPS) is 12.5. The molecule has 0 aromatic carbocycles. The maximum absolute atomic E-state index is 12.2. The number of carbonyl (C=O) groups excluding carboxylic acids is 3. The fraction of sp³-hybridized carbons (Fsp3) is 0.833. The molecule has 0 spiro atoms. The van der Waals surface area contributed by atoms with E-state index in [0.717, 1.165) is 25.7 Å². The fourth-order valence-electron chi connectivity index (χ4n) is 2.44. The van der Waals surface area contributed by atoms with Gasteiger partial charge in [0.15, 0.2) is 5.78 Å². The zero-order valence-corrected chi connectivity index (χ0v) is 14.9. The Bertz CT molecular complexity index is 361. The van der Waals surface area contributed by atoms with Crippen LogP contribution in [0.3, 0.4) is 0 Å². The van der Waals surface area contributed by atoms with Gasteiger partial charge in [0.2, 0.25) is 5.91 Å². The third-order valence-corrected chi connectivity index (χ3v) is 3.68. The zero-order chi connectivity index (χ0) is 17.1. The first-order valence-electron chi connectivity index (χ1n) is 8.60. The number of amides is 1. The van der Waals surface area contributed by atoms with Crippen LogP contribution in [0.2, 0.25) is 0 Å². The van der Waals surface area contributed by atoms with Gasteiger partial charge in [-0.25, -0.2) is 0 Å². The highest BCUT2D eigenvalue weighted by Gasteiger charge is 2.23. The summed E-state index contributed by atoms with van der Waals surface area (Å²) in [5.74, 6) is 0.0575. The van der Waals surface area contributed by atoms with Gasteiger partial charge in [0.1, 0.15) is 5.78 Å². The van der Waals surface area contributed by atoms with Crippen LogP contribution in [-0.4, -0.2) is 24.0 Å². The summed E-state index contributed by atoms with van der Waals surface area (Å²) in [6, 6.07) is 0. The van der Waals surface area contributed by atoms with Crippen LogP contribution in [0.25, 0.3) is 0 Å². The van der Waals surface area contributed by atoms with E-state index in [4.69, 9.17) is 0 Å². The SMILES string of the molecule is CCCCCC(CC(=O)CNC(=O)CC(C)C)C(=O)C(C)C. The Hall–Kier alpha value is -1.19. The van der Waals surface area contributed by atoms with Gasteiger partial charge >= 0.3 is 0 Å². The Labute approximate surface area is 135 Å². The highest BCUT2D eigenvalue weighted by atomic mass is 16.2. The fourth-order valence-corrected chi connectivity index (χ4v) is 2.44. The van der Waals surface area contributed by atoms with Crippen molar-refractivity contribution in [2.75, 3.05) is 6.54 Å². The Kier molecular flexibility index (Phi) is 10.8. The van der Waals surface area contributed by atoms with E-state index >= 15 is 0 Å². The lowest BCUT2D eigenvalue weighted by Gasteiger charge is -2.17. The van der Waals surface area contributed by atoms with Crippen LogP contribution < -0.4 is 5.32 Å². The van der Waals surface area contributed by atoms with Crippen LogP contribution in [0.5, 0.6) is 0 Å². The smallest absolute Gasteiger partial charge is 0.220 e. The predicted molar refractivity (Wildman–Crippen MR) is 89.6 cm³/mol. The van der Waals surface area contributed by atoms with Crippen molar-refractivity contribution in [2.24, 2.45) is 17.8 Å². The molecule has 0 heterocycles. The van der Waals surface area contributed by atoms with Gasteiger partial charge in [0, 0.05) is 24.7 Å². The van der Waals surface area contributed by atoms with Crippen molar-refractivity contribution < 1.29 is 14.4 Å². The summed E-state index contributed by atoms with van der Waals surface area (Å²) < 4.78 is 0. The topological polar surface area (TPSA) is 63.2 Å². The highest BCUT2D eigenvalue weighted by Crippen LogP contribution is 2.19. The van der Waals surface area contributed by atoms with E-state index in [1.807, 2.05) is 27.7 Å². The molecule has 22 heavy (non-hydrogen) atoms. The van der Waals surface area contributed by atoms with Crippen molar-refractivity contribution in [3.05, 3.63) is 0 Å². The largest absolute Gasteiger partial charge is 0.349 e. The number of unbranched alkanes of at least 4 members (excludes halogenated alkanes) is 2. The summed E-state index contributed by atoms with van der Waals surface area (Å²) in [6.07, 6.45) is 4.62. The Morgan fingerprint density at radius 3 is 2.09 bits per heavy atom. The van der Waals surface area contributed by atoms with Crippen molar-refractivity contribution in [3.8, 4) is 0 Å². The number of ketones is 2. The molecular formula is C18H33NO3. The van der Waals surface area contributed by atoms with Crippen LogP contribution in [-0.2, 0) is 14.4 Å². The standard InChI is InChI=1S/C18H33NO3/c1-6-7-8-9-15(18(22)14(4)5)11-16(20)12-19-17(21)10-13(2)3/h13-15H,6-12H2,1-5H3,(H,19,21). The summed E-state index contributed by atoms with van der Waals surface area (Å²) in [7, 11) is 0. The first kappa shape index (κ1) is 20.8. The van der Waals surface area contributed by atoms with Gasteiger partial charge in [-0.2, -0.15) is 0 Å². The Balaban J connectivity index is 4.36. The van der Waals surface area contributed by atoms with Gasteiger partial charge in [-0.3, -0.25) is 14.4 Å². The summed E-state index contributed by atoms with van der Waals surface area (Å²) in [5.41, 5.74) is 0. The van der Waals surface area contributed by atoms with Crippen molar-refractivity contribution in [1.82, 2.24) is 5.32 Å². The van der Waals surface area contributed by atoms with Crippen molar-refractivity contribution in [3.63, 3.8) is 0 Å². The van der Waals surface area contributed by atoms with Crippen LogP contribution >= 0.6 is 0 Å². The minimum atomic E-state index is -0.193. The van der Waals surface area contributed by atoms with E-state index in [1.54, 1.807) is 0 Å². The highest BCUT2D eigenvalue weighted by molar-refractivity contribution is 5.91. The summed E-state index contributed by atoms with van der Waals surface area (Å²) >= 11 is 0. The third-order valence-electron chi connectivity index (χ3n) is 3.68. The second-order valence-electron chi connectivity index (χ2n) is 6.87. The molecule has 4 nitrogen and oxygen atoms in total. The number of hydrogen-bond donors (Lipinski definition) is 1. The van der Waals surface area contributed by atoms with E-state index in [0.29, 0.717) is 6.42 Å². The Morgan fingerprint density at radius 1 is 0.955 bits per heavy atom. The second kappa shape index (κ2) is 11.4. The van der Waals surface area contributed by atoms with Gasteiger partial charge in [0.05, 0.1) is 6.54 Å². The lowest BCUT2D eigenvalue weighted by atomic mass is 9.86. The minimum absolute atomic E-state index is 0.0429. The molecule has 0 saturated carbocycles. The van der Waals surface area contributed by atoms with Crippen molar-refractivity contribution in [2.45, 2.75) is 73.1 Å². The quantitative estimate of drug-likeness (QED) is 0.561. The lowest BCUT2D eigenvalue weighted by Crippen LogP contribution is -2.32. The number of Topliss-reactive ketones (excluding diaryl/α,β-unsaturated/α-hetero) is 2. The molecule has 0 fully saturated rings. The van der Waals surface area contributed by atoms with Crippen molar-refractivity contribution >= 4 is 17.5 Å². The predicted octanol–water partition coefficient (Wildman–Crippen LogP) is 3.53. The van der Waals surface area contributed by atoms with Crippen LogP contribution in [0, 0.1) is 17.8 Å². The zero-order valence-electron chi connectivity index (χ0n) is 14.9. The number of nitrogens with one attached hydrogen (secondary N) is 1. The third kappa shape index (κ3) is 9.69. The number of rotatable bonds is 12. The minimum Gasteiger partial charge on any atom is -0.349 e. The molecule has 1 amide bonds. The van der Waals surface area contributed by atoms with E-state index in [9.17, 15) is 14.4 Å². The first-order valence-corrected chi connectivity index (χ1v) is 8.60. The maximum atomic E-state index is 12.2. The molecule has 128 valence electrons. The average molecular weight is 311 g/mol. The molecule has 0 aromatic heterocycles. The molecular weight excluding hydrogens is 278 g/mol. The van der Waals surface area contributed by atoms with Crippen LogP contribution in [0.15, 0.2) is 0 Å². The summed E-state index contributed by atoms with van der Waals surface area (Å²) in [4.78, 5) is 35.8. The molecule has 4 heteroatoms. The molecule has 1 unspecified atom stereocenters. The van der Waals surface area contributed by atoms with Crippen LogP contribution in [0.4, 0.5) is 0 Å². The molecule has 0 saturated heterocycles. The van der Waals surface area contributed by atoms with Crippen molar-refractivity contribution in [1.29, 1.82) is 0 Å². The summed E-state index contributed by atoms with van der Waals surface area (Å²) in [5, 5.41) is 2.65.